The van der Waals surface area contributed by atoms with Gasteiger partial charge in [0.15, 0.2) is 0 Å². The van der Waals surface area contributed by atoms with E-state index in [-0.39, 0.29) is 6.10 Å². The van der Waals surface area contributed by atoms with Gasteiger partial charge in [-0.15, -0.1) is 4.52 Å². The first kappa shape index (κ1) is 10.6. The van der Waals surface area contributed by atoms with Crippen molar-refractivity contribution in [3.63, 3.8) is 0 Å². The molecular weight excluding hydrogens is 163 g/mol. The topological polar surface area (TPSA) is 35.5 Å². The summed E-state index contributed by atoms with van der Waals surface area (Å²) in [4.78, 5) is 0. The van der Waals surface area contributed by atoms with Crippen LogP contribution in [0.4, 0.5) is 0 Å². The van der Waals surface area contributed by atoms with Crippen molar-refractivity contribution in [2.24, 2.45) is 0 Å². The van der Waals surface area contributed by atoms with Crippen LogP contribution in [0.1, 0.15) is 26.7 Å². The highest BCUT2D eigenvalue weighted by Crippen LogP contribution is 2.27. The number of hydrogen-bond donors (Lipinski definition) is 0. The molecule has 0 amide bonds. The molecule has 64 valence electrons. The Kier molecular flexibility index (Phi) is 6.09. The van der Waals surface area contributed by atoms with E-state index < -0.39 is 8.25 Å². The molecule has 0 saturated carbocycles. The molecule has 0 aromatic carbocycles. The average Bonchev–Trinajstić information content (AvgIpc) is 2.01. The van der Waals surface area contributed by atoms with E-state index in [1.807, 2.05) is 13.8 Å². The van der Waals surface area contributed by atoms with Crippen LogP contribution in [-0.2, 0) is 13.6 Å². The lowest BCUT2D eigenvalue weighted by atomic mass is 10.2. The molecule has 0 N–H and O–H groups in total. The summed E-state index contributed by atoms with van der Waals surface area (Å²) in [5.74, 6) is 0. The van der Waals surface area contributed by atoms with Gasteiger partial charge in [-0.2, -0.15) is 0 Å². The molecule has 0 rings (SSSR count). The zero-order valence-electron chi connectivity index (χ0n) is 6.95. The molecule has 0 aromatic heterocycles. The summed E-state index contributed by atoms with van der Waals surface area (Å²) in [5, 5.41) is 0. The molecule has 0 spiro atoms. The molecule has 11 heavy (non-hydrogen) atoms. The average molecular weight is 177 g/mol. The van der Waals surface area contributed by atoms with Gasteiger partial charge >= 0.3 is 8.25 Å². The minimum Gasteiger partial charge on any atom is -0.238 e. The lowest BCUT2D eigenvalue weighted by Gasteiger charge is -2.01. The summed E-state index contributed by atoms with van der Waals surface area (Å²) in [6.07, 6.45) is 2.84. The van der Waals surface area contributed by atoms with Crippen molar-refractivity contribution in [3.05, 3.63) is 12.8 Å². The van der Waals surface area contributed by atoms with Crippen LogP contribution < -0.4 is 0 Å². The van der Waals surface area contributed by atoms with Gasteiger partial charge < -0.3 is 0 Å². The van der Waals surface area contributed by atoms with Gasteiger partial charge in [0.05, 0.1) is 0 Å². The quantitative estimate of drug-likeness (QED) is 0.462. The van der Waals surface area contributed by atoms with Crippen LogP contribution >= 0.6 is 8.25 Å². The van der Waals surface area contributed by atoms with Gasteiger partial charge in [0, 0.05) is 4.57 Å². The lowest BCUT2D eigenvalue weighted by molar-refractivity contribution is 0.176. The molecule has 4 heteroatoms. The Morgan fingerprint density at radius 2 is 2.09 bits per heavy atom. The second kappa shape index (κ2) is 6.32. The lowest BCUT2D eigenvalue weighted by Crippen LogP contribution is -2.04. The largest absolute Gasteiger partial charge is 0.749 e. The van der Waals surface area contributed by atoms with Gasteiger partial charge in [0.25, 0.3) is 0 Å². The first-order valence-corrected chi connectivity index (χ1v) is 4.75. The molecule has 0 heterocycles. The van der Waals surface area contributed by atoms with Crippen LogP contribution in [0.2, 0.25) is 0 Å². The fourth-order valence-corrected chi connectivity index (χ4v) is 1.36. The molecule has 0 aliphatic rings. The predicted octanol–water partition coefficient (Wildman–Crippen LogP) is 3.01. The van der Waals surface area contributed by atoms with Crippen LogP contribution in [0.5, 0.6) is 0 Å². The van der Waals surface area contributed by atoms with Gasteiger partial charge in [0.1, 0.15) is 12.4 Å². The van der Waals surface area contributed by atoms with Crippen molar-refractivity contribution in [1.82, 2.24) is 0 Å². The van der Waals surface area contributed by atoms with E-state index in [9.17, 15) is 4.57 Å². The van der Waals surface area contributed by atoms with Crippen molar-refractivity contribution < 1.29 is 13.6 Å². The third-order valence-corrected chi connectivity index (χ3v) is 2.10. The summed E-state index contributed by atoms with van der Waals surface area (Å²) in [7, 11) is -2.00. The first-order valence-electron chi connectivity index (χ1n) is 3.66. The highest BCUT2D eigenvalue weighted by atomic mass is 31.1. The Bertz CT molecular complexity index is 132. The molecule has 0 aliphatic carbocycles. The van der Waals surface area contributed by atoms with Crippen LogP contribution in [0.15, 0.2) is 12.8 Å². The third kappa shape index (κ3) is 4.93. The predicted molar refractivity (Wildman–Crippen MR) is 44.3 cm³/mol. The minimum absolute atomic E-state index is 0.0264. The molecule has 0 radical (unpaired) electrons. The van der Waals surface area contributed by atoms with Crippen molar-refractivity contribution >= 4 is 8.25 Å². The standard InChI is InChI=1S/C7H14O3P/c1-4-7(5-2)10-11(8)9-6-3/h6-7H,3-5H2,1-2H3/q+1. The third-order valence-electron chi connectivity index (χ3n) is 1.31. The first-order chi connectivity index (χ1) is 5.24. The molecule has 0 aromatic rings. The van der Waals surface area contributed by atoms with Crippen LogP contribution in [0.3, 0.4) is 0 Å². The van der Waals surface area contributed by atoms with E-state index in [0.717, 1.165) is 19.1 Å². The van der Waals surface area contributed by atoms with Crippen molar-refractivity contribution in [1.29, 1.82) is 0 Å². The molecule has 1 unspecified atom stereocenters. The molecular formula is C7H14O3P+. The Balaban J connectivity index is 3.62. The zero-order chi connectivity index (χ0) is 8.69. The minimum atomic E-state index is -2.00. The van der Waals surface area contributed by atoms with E-state index in [1.165, 1.54) is 0 Å². The van der Waals surface area contributed by atoms with Gasteiger partial charge in [-0.05, 0) is 12.8 Å². The van der Waals surface area contributed by atoms with E-state index in [0.29, 0.717) is 0 Å². The van der Waals surface area contributed by atoms with Crippen molar-refractivity contribution in [2.45, 2.75) is 32.8 Å². The SMILES string of the molecule is C=CO[P+](=O)OC(CC)CC. The summed E-state index contributed by atoms with van der Waals surface area (Å²) in [6.45, 7) is 7.23. The second-order valence-electron chi connectivity index (χ2n) is 2.04. The maximum Gasteiger partial charge on any atom is 0.749 e. The monoisotopic (exact) mass is 177 g/mol. The van der Waals surface area contributed by atoms with Gasteiger partial charge in [0.2, 0.25) is 0 Å². The number of hydrogen-bond acceptors (Lipinski definition) is 3. The van der Waals surface area contributed by atoms with Crippen LogP contribution in [0, 0.1) is 0 Å². The molecule has 3 nitrogen and oxygen atoms in total. The molecule has 0 saturated heterocycles. The fourth-order valence-electron chi connectivity index (χ4n) is 0.645. The smallest absolute Gasteiger partial charge is 0.238 e. The Morgan fingerprint density at radius 3 is 2.45 bits per heavy atom. The van der Waals surface area contributed by atoms with Gasteiger partial charge in [-0.25, -0.2) is 4.52 Å². The van der Waals surface area contributed by atoms with E-state index >= 15 is 0 Å². The number of rotatable bonds is 6. The van der Waals surface area contributed by atoms with Crippen LogP contribution in [-0.4, -0.2) is 6.10 Å². The van der Waals surface area contributed by atoms with Gasteiger partial charge in [-0.3, -0.25) is 0 Å². The molecule has 0 aliphatic heterocycles. The Labute approximate surface area is 68.3 Å². The fraction of sp³-hybridized carbons (Fsp3) is 0.714. The summed E-state index contributed by atoms with van der Waals surface area (Å²) in [5.41, 5.74) is 0. The molecule has 0 bridgehead atoms. The normalized spacial score (nSPS) is 11.4. The van der Waals surface area contributed by atoms with E-state index in [1.54, 1.807) is 0 Å². The summed E-state index contributed by atoms with van der Waals surface area (Å²) in [6, 6.07) is 0. The highest BCUT2D eigenvalue weighted by Gasteiger charge is 2.24. The Morgan fingerprint density at radius 1 is 1.55 bits per heavy atom. The van der Waals surface area contributed by atoms with Crippen LogP contribution in [0.25, 0.3) is 0 Å². The summed E-state index contributed by atoms with van der Waals surface area (Å²) < 4.78 is 20.3. The second-order valence-corrected chi connectivity index (χ2v) is 2.91. The Hall–Kier alpha value is -0.400. The maximum atomic E-state index is 10.8. The highest BCUT2D eigenvalue weighted by molar-refractivity contribution is 7.33. The summed E-state index contributed by atoms with van der Waals surface area (Å²) >= 11 is 0. The molecule has 0 fully saturated rings. The van der Waals surface area contributed by atoms with Gasteiger partial charge in [-0.1, -0.05) is 20.4 Å². The molecule has 1 atom stereocenters. The zero-order valence-corrected chi connectivity index (χ0v) is 7.84. The van der Waals surface area contributed by atoms with E-state index in [4.69, 9.17) is 4.52 Å². The van der Waals surface area contributed by atoms with Crippen molar-refractivity contribution in [3.8, 4) is 0 Å². The van der Waals surface area contributed by atoms with Crippen molar-refractivity contribution in [2.75, 3.05) is 0 Å². The maximum absolute atomic E-state index is 10.8. The van der Waals surface area contributed by atoms with E-state index in [2.05, 4.69) is 11.1 Å².